The summed E-state index contributed by atoms with van der Waals surface area (Å²) in [6.45, 7) is -0.335. The Balaban J connectivity index is 2.18. The number of carbonyl (C=O) groups is 1. The molecule has 2 N–H and O–H groups in total. The van der Waals surface area contributed by atoms with Gasteiger partial charge in [-0.1, -0.05) is 0 Å². The molecule has 1 amide bonds. The number of carboxylic acid groups (broad SMARTS) is 1. The molecule has 1 aromatic heterocycles. The minimum atomic E-state index is -1.50. The van der Waals surface area contributed by atoms with Crippen LogP contribution in [0.4, 0.5) is 14.9 Å². The quantitative estimate of drug-likeness (QED) is 0.638. The van der Waals surface area contributed by atoms with E-state index in [1.54, 1.807) is 0 Å². The van der Waals surface area contributed by atoms with Gasteiger partial charge in [-0.05, 0) is 12.8 Å². The molecule has 1 aromatic rings. The third-order valence-corrected chi connectivity index (χ3v) is 3.41. The molecular weight excluding hydrogens is 287 g/mol. The average molecular weight is 302 g/mol. The predicted molar refractivity (Wildman–Crippen MR) is 67.6 cm³/mol. The van der Waals surface area contributed by atoms with E-state index in [-0.39, 0.29) is 30.8 Å². The highest BCUT2D eigenvalue weighted by Crippen LogP contribution is 2.33. The maximum atomic E-state index is 13.8. The van der Waals surface area contributed by atoms with E-state index in [1.807, 2.05) is 0 Å². The number of halogens is 1. The molecule has 0 bridgehead atoms. The van der Waals surface area contributed by atoms with Crippen molar-refractivity contribution >= 4 is 11.8 Å². The van der Waals surface area contributed by atoms with Gasteiger partial charge in [0.1, 0.15) is 24.2 Å². The second kappa shape index (κ2) is 6.04. The summed E-state index contributed by atoms with van der Waals surface area (Å²) in [5.41, 5.74) is 0.0609. The number of nitrogens with zero attached hydrogens (tertiary/aromatic N) is 3. The van der Waals surface area contributed by atoms with Crippen LogP contribution in [0.25, 0.3) is 0 Å². The van der Waals surface area contributed by atoms with Crippen molar-refractivity contribution in [2.24, 2.45) is 7.05 Å². The largest absolute Gasteiger partial charge is 0.465 e. The lowest BCUT2D eigenvalue weighted by atomic mass is 10.0. The molecule has 1 aliphatic rings. The van der Waals surface area contributed by atoms with Crippen LogP contribution in [0.3, 0.4) is 0 Å². The summed E-state index contributed by atoms with van der Waals surface area (Å²) < 4.78 is 20.5. The number of ether oxygens (including phenoxy) is 1. The summed E-state index contributed by atoms with van der Waals surface area (Å²) in [4.78, 5) is 21.0. The van der Waals surface area contributed by atoms with E-state index in [4.69, 9.17) is 9.84 Å². The normalized spacial score (nSPS) is 26.1. The maximum absolute atomic E-state index is 13.8. The molecular formula is C11H15FN4O5. The summed E-state index contributed by atoms with van der Waals surface area (Å²) in [5.74, 6) is 0. The minimum Gasteiger partial charge on any atom is -0.465 e. The Morgan fingerprint density at radius 3 is 3.00 bits per heavy atom. The van der Waals surface area contributed by atoms with Crippen molar-refractivity contribution in [3.05, 3.63) is 22.0 Å². The molecule has 0 saturated carbocycles. The standard InChI is InChI=1S/C11H15FN4O5/c1-15-10(8(4-13-15)16(19)20)9-3-2-7(14-11(17)18)6(12)5-21-9/h4,6-7,9,14H,2-3,5H2,1H3,(H,17,18)/t6-,7+,9+/m0/s1. The number of aromatic nitrogens is 2. The van der Waals surface area contributed by atoms with Crippen LogP contribution in [0, 0.1) is 10.1 Å². The lowest BCUT2D eigenvalue weighted by Gasteiger charge is -2.16. The van der Waals surface area contributed by atoms with Gasteiger partial charge in [0.25, 0.3) is 0 Å². The lowest BCUT2D eigenvalue weighted by molar-refractivity contribution is -0.386. The van der Waals surface area contributed by atoms with Gasteiger partial charge in [0.05, 0.1) is 17.6 Å². The van der Waals surface area contributed by atoms with Gasteiger partial charge in [-0.3, -0.25) is 14.8 Å². The van der Waals surface area contributed by atoms with Gasteiger partial charge in [-0.15, -0.1) is 0 Å². The fourth-order valence-electron chi connectivity index (χ4n) is 2.41. The predicted octanol–water partition coefficient (Wildman–Crippen LogP) is 1.15. The van der Waals surface area contributed by atoms with E-state index in [0.717, 1.165) is 6.20 Å². The Kier molecular flexibility index (Phi) is 4.36. The van der Waals surface area contributed by atoms with Crippen LogP contribution in [-0.2, 0) is 11.8 Å². The van der Waals surface area contributed by atoms with Gasteiger partial charge < -0.3 is 15.2 Å². The summed E-state index contributed by atoms with van der Waals surface area (Å²) in [6.07, 6.45) is -1.96. The Morgan fingerprint density at radius 1 is 1.67 bits per heavy atom. The molecule has 0 spiro atoms. The van der Waals surface area contributed by atoms with Crippen LogP contribution in [0.2, 0.25) is 0 Å². The molecule has 2 heterocycles. The van der Waals surface area contributed by atoms with Crippen molar-refractivity contribution in [3.63, 3.8) is 0 Å². The van der Waals surface area contributed by atoms with E-state index >= 15 is 0 Å². The molecule has 9 nitrogen and oxygen atoms in total. The third kappa shape index (κ3) is 3.27. The smallest absolute Gasteiger partial charge is 0.404 e. The van der Waals surface area contributed by atoms with E-state index in [9.17, 15) is 19.3 Å². The van der Waals surface area contributed by atoms with Gasteiger partial charge >= 0.3 is 11.8 Å². The molecule has 1 fully saturated rings. The van der Waals surface area contributed by atoms with Crippen LogP contribution in [-0.4, -0.2) is 44.7 Å². The van der Waals surface area contributed by atoms with Crippen LogP contribution in [0.1, 0.15) is 24.6 Å². The zero-order chi connectivity index (χ0) is 15.6. The highest BCUT2D eigenvalue weighted by Gasteiger charge is 2.34. The Bertz CT molecular complexity index is 549. The number of alkyl halides is 1. The third-order valence-electron chi connectivity index (χ3n) is 3.41. The summed E-state index contributed by atoms with van der Waals surface area (Å²) in [5, 5.41) is 25.6. The number of nitrogens with one attached hydrogen (secondary N) is 1. The van der Waals surface area contributed by atoms with Gasteiger partial charge in [0, 0.05) is 7.05 Å². The first kappa shape index (κ1) is 15.2. The van der Waals surface area contributed by atoms with Crippen LogP contribution >= 0.6 is 0 Å². The minimum absolute atomic E-state index is 0.181. The van der Waals surface area contributed by atoms with E-state index in [1.165, 1.54) is 11.7 Å². The number of nitro groups is 1. The Morgan fingerprint density at radius 2 is 2.38 bits per heavy atom. The maximum Gasteiger partial charge on any atom is 0.404 e. The van der Waals surface area contributed by atoms with Crippen molar-refractivity contribution in [1.29, 1.82) is 0 Å². The van der Waals surface area contributed by atoms with Gasteiger partial charge in [-0.25, -0.2) is 9.18 Å². The van der Waals surface area contributed by atoms with E-state index in [2.05, 4.69) is 10.4 Å². The van der Waals surface area contributed by atoms with Crippen molar-refractivity contribution in [1.82, 2.24) is 15.1 Å². The summed E-state index contributed by atoms with van der Waals surface area (Å²) in [7, 11) is 1.54. The topological polar surface area (TPSA) is 120 Å². The number of rotatable bonds is 3. The van der Waals surface area contributed by atoms with E-state index < -0.39 is 29.3 Å². The van der Waals surface area contributed by atoms with Gasteiger partial charge in [-0.2, -0.15) is 5.10 Å². The number of amides is 1. The first-order chi connectivity index (χ1) is 9.90. The summed E-state index contributed by atoms with van der Waals surface area (Å²) >= 11 is 0. The number of hydrogen-bond donors (Lipinski definition) is 2. The lowest BCUT2D eigenvalue weighted by Crippen LogP contribution is -2.41. The van der Waals surface area contributed by atoms with Crippen molar-refractivity contribution < 1.29 is 24.0 Å². The molecule has 0 aliphatic carbocycles. The molecule has 21 heavy (non-hydrogen) atoms. The fourth-order valence-corrected chi connectivity index (χ4v) is 2.41. The molecule has 3 atom stereocenters. The monoisotopic (exact) mass is 302 g/mol. The molecule has 116 valence electrons. The van der Waals surface area contributed by atoms with Gasteiger partial charge in [0.2, 0.25) is 0 Å². The number of aryl methyl sites for hydroxylation is 1. The molecule has 1 saturated heterocycles. The first-order valence-electron chi connectivity index (χ1n) is 6.31. The molecule has 0 aromatic carbocycles. The van der Waals surface area contributed by atoms with E-state index in [0.29, 0.717) is 0 Å². The van der Waals surface area contributed by atoms with Crippen LogP contribution < -0.4 is 5.32 Å². The van der Waals surface area contributed by atoms with Crippen molar-refractivity contribution in [2.75, 3.05) is 6.61 Å². The number of hydrogen-bond acceptors (Lipinski definition) is 5. The van der Waals surface area contributed by atoms with Crippen LogP contribution in [0.5, 0.6) is 0 Å². The average Bonchev–Trinajstić information content (AvgIpc) is 2.70. The SMILES string of the molecule is Cn1ncc([N+](=O)[O-])c1[C@H]1CC[C@@H](NC(=O)O)[C@@H](F)CO1. The van der Waals surface area contributed by atoms with Crippen LogP contribution in [0.15, 0.2) is 6.20 Å². The first-order valence-corrected chi connectivity index (χ1v) is 6.31. The zero-order valence-electron chi connectivity index (χ0n) is 11.2. The van der Waals surface area contributed by atoms with Crippen molar-refractivity contribution in [2.45, 2.75) is 31.2 Å². The zero-order valence-corrected chi connectivity index (χ0v) is 11.2. The second-order valence-electron chi connectivity index (χ2n) is 4.77. The highest BCUT2D eigenvalue weighted by atomic mass is 19.1. The molecule has 10 heteroatoms. The van der Waals surface area contributed by atoms with Gasteiger partial charge in [0.15, 0.2) is 0 Å². The molecule has 0 radical (unpaired) electrons. The second-order valence-corrected chi connectivity index (χ2v) is 4.77. The van der Waals surface area contributed by atoms with Crippen molar-refractivity contribution in [3.8, 4) is 0 Å². The highest BCUT2D eigenvalue weighted by molar-refractivity contribution is 5.64. The Hall–Kier alpha value is -2.23. The molecule has 2 rings (SSSR count). The summed E-state index contributed by atoms with van der Waals surface area (Å²) in [6, 6.07) is -0.889. The molecule has 1 aliphatic heterocycles. The molecule has 0 unspecified atom stereocenters. The fraction of sp³-hybridized carbons (Fsp3) is 0.636. The Labute approximate surface area is 118 Å².